The lowest BCUT2D eigenvalue weighted by Gasteiger charge is -2.27. The molecule has 6 nitrogen and oxygen atoms in total. The quantitative estimate of drug-likeness (QED) is 0.142. The molecule has 230 valence electrons. The number of unbranched alkanes of at least 4 members (excludes halogenated alkanes) is 2. The van der Waals surface area contributed by atoms with E-state index in [1.54, 1.807) is 7.11 Å². The van der Waals surface area contributed by atoms with Gasteiger partial charge >= 0.3 is 0 Å². The highest BCUT2D eigenvalue weighted by atomic mass is 16.5. The summed E-state index contributed by atoms with van der Waals surface area (Å²) in [6.07, 6.45) is 14.5. The van der Waals surface area contributed by atoms with Crippen LogP contribution in [0.15, 0.2) is 84.6 Å². The second-order valence-electron chi connectivity index (χ2n) is 12.4. The third-order valence-corrected chi connectivity index (χ3v) is 8.76. The van der Waals surface area contributed by atoms with Gasteiger partial charge in [0, 0.05) is 61.1 Å². The number of amides is 1. The zero-order chi connectivity index (χ0) is 30.9. The number of methoxy groups -OCH3 is 1. The van der Waals surface area contributed by atoms with Gasteiger partial charge in [-0.15, -0.1) is 0 Å². The number of allylic oxidation sites excluding steroid dienone is 6. The van der Waals surface area contributed by atoms with Crippen molar-refractivity contribution in [2.75, 3.05) is 52.0 Å². The number of anilines is 1. The zero-order valence-corrected chi connectivity index (χ0v) is 27.0. The topological polar surface area (TPSA) is 53.8 Å². The van der Waals surface area contributed by atoms with Gasteiger partial charge in [0.15, 0.2) is 5.71 Å². The molecule has 0 fully saturated rings. The molecule has 2 aliphatic rings. The maximum Gasteiger partial charge on any atom is 0.220 e. The molecule has 2 aromatic rings. The first kappa shape index (κ1) is 32.4. The zero-order valence-electron chi connectivity index (χ0n) is 27.0. The van der Waals surface area contributed by atoms with E-state index in [1.165, 1.54) is 33.9 Å². The van der Waals surface area contributed by atoms with Gasteiger partial charge in [-0.25, -0.2) is 0 Å². The van der Waals surface area contributed by atoms with Gasteiger partial charge in [0.1, 0.15) is 7.05 Å². The third kappa shape index (κ3) is 7.54. The summed E-state index contributed by atoms with van der Waals surface area (Å²) in [7, 11) is 3.80. The van der Waals surface area contributed by atoms with Crippen molar-refractivity contribution in [3.63, 3.8) is 0 Å². The molecule has 4 rings (SSSR count). The van der Waals surface area contributed by atoms with Gasteiger partial charge in [-0.05, 0) is 44.4 Å². The molecule has 0 saturated carbocycles. The average molecular weight is 585 g/mol. The predicted molar refractivity (Wildman–Crippen MR) is 178 cm³/mol. The Morgan fingerprint density at radius 1 is 0.884 bits per heavy atom. The highest BCUT2D eigenvalue weighted by Gasteiger charge is 2.42. The molecule has 1 amide bonds. The van der Waals surface area contributed by atoms with E-state index in [-0.39, 0.29) is 16.7 Å². The van der Waals surface area contributed by atoms with E-state index in [9.17, 15) is 4.79 Å². The second kappa shape index (κ2) is 14.8. The van der Waals surface area contributed by atoms with E-state index in [2.05, 4.69) is 128 Å². The van der Waals surface area contributed by atoms with Crippen molar-refractivity contribution < 1.29 is 18.8 Å². The monoisotopic (exact) mass is 584 g/mol. The molecule has 0 aliphatic carbocycles. The van der Waals surface area contributed by atoms with Crippen LogP contribution in [0.2, 0.25) is 0 Å². The lowest BCUT2D eigenvalue weighted by molar-refractivity contribution is -0.401. The number of carbonyl (C=O) groups excluding carboxylic acids is 1. The Morgan fingerprint density at radius 2 is 1.63 bits per heavy atom. The van der Waals surface area contributed by atoms with Crippen molar-refractivity contribution in [3.8, 4) is 0 Å². The fourth-order valence-electron chi connectivity index (χ4n) is 6.37. The van der Waals surface area contributed by atoms with Crippen molar-refractivity contribution in [3.05, 3.63) is 95.7 Å². The molecule has 1 N–H and O–H groups in total. The molecule has 0 bridgehead atoms. The molecule has 0 aromatic heterocycles. The van der Waals surface area contributed by atoms with Gasteiger partial charge in [0.05, 0.1) is 25.2 Å². The Morgan fingerprint density at radius 3 is 2.40 bits per heavy atom. The molecule has 2 aliphatic heterocycles. The van der Waals surface area contributed by atoms with Crippen molar-refractivity contribution in [1.29, 1.82) is 0 Å². The molecule has 0 unspecified atom stereocenters. The Bertz CT molecular complexity index is 1380. The fraction of sp³-hybridized carbons (Fsp3) is 0.459. The minimum absolute atomic E-state index is 0.0286. The first-order chi connectivity index (χ1) is 20.7. The summed E-state index contributed by atoms with van der Waals surface area (Å²) in [5.74, 6) is 0.0935. The van der Waals surface area contributed by atoms with E-state index in [1.807, 2.05) is 0 Å². The number of rotatable bonds is 15. The molecule has 43 heavy (non-hydrogen) atoms. The summed E-state index contributed by atoms with van der Waals surface area (Å²) < 4.78 is 12.7. The van der Waals surface area contributed by atoms with Gasteiger partial charge in [0.2, 0.25) is 11.6 Å². The van der Waals surface area contributed by atoms with Crippen molar-refractivity contribution in [1.82, 2.24) is 5.32 Å². The molecule has 6 heteroatoms. The first-order valence-corrected chi connectivity index (χ1v) is 15.7. The standard InChI is InChI=1S/C37H49N3O3/c1-36(2)29-17-12-14-19-31(29)39(5)33(36)21-9-7-10-22-34-37(3,4)30-18-13-15-20-32(30)40(34)25-16-8-11-23-35(41)38-24-26-43-28-27-42-6/h7,9-10,12-15,17-22H,8,11,16,23-28H2,1-6H3/p+1. The summed E-state index contributed by atoms with van der Waals surface area (Å²) in [6, 6.07) is 17.4. The summed E-state index contributed by atoms with van der Waals surface area (Å²) in [5, 5.41) is 2.94. The van der Waals surface area contributed by atoms with Gasteiger partial charge < -0.3 is 19.7 Å². The summed E-state index contributed by atoms with van der Waals surface area (Å²) in [6.45, 7) is 12.3. The lowest BCUT2D eigenvalue weighted by atomic mass is 9.81. The van der Waals surface area contributed by atoms with Crippen LogP contribution in [-0.2, 0) is 25.1 Å². The molecule has 2 aromatic carbocycles. The van der Waals surface area contributed by atoms with Gasteiger partial charge in [-0.2, -0.15) is 4.58 Å². The molecular formula is C37H50N3O3+. The number of hydrogen-bond donors (Lipinski definition) is 1. The maximum atomic E-state index is 12.2. The highest BCUT2D eigenvalue weighted by Crippen LogP contribution is 2.47. The Balaban J connectivity index is 1.34. The minimum Gasteiger partial charge on any atom is -0.382 e. The summed E-state index contributed by atoms with van der Waals surface area (Å²) in [5.41, 5.74) is 7.79. The fourth-order valence-corrected chi connectivity index (χ4v) is 6.37. The smallest absolute Gasteiger partial charge is 0.220 e. The molecule has 0 spiro atoms. The largest absolute Gasteiger partial charge is 0.382 e. The van der Waals surface area contributed by atoms with Crippen molar-refractivity contribution in [2.24, 2.45) is 0 Å². The number of ether oxygens (including phenoxy) is 2. The molecular weight excluding hydrogens is 534 g/mol. The van der Waals surface area contributed by atoms with E-state index in [0.717, 1.165) is 25.8 Å². The van der Waals surface area contributed by atoms with Crippen LogP contribution >= 0.6 is 0 Å². The van der Waals surface area contributed by atoms with Crippen LogP contribution in [0.3, 0.4) is 0 Å². The first-order valence-electron chi connectivity index (χ1n) is 15.7. The Kier molecular flexibility index (Phi) is 11.2. The number of nitrogens with one attached hydrogen (secondary N) is 1. The molecule has 2 heterocycles. The number of benzene rings is 2. The van der Waals surface area contributed by atoms with Crippen LogP contribution in [0.1, 0.15) is 64.5 Å². The number of para-hydroxylation sites is 2. The lowest BCUT2D eigenvalue weighted by Crippen LogP contribution is -2.28. The molecule has 0 radical (unpaired) electrons. The Hall–Kier alpha value is -3.48. The van der Waals surface area contributed by atoms with E-state index >= 15 is 0 Å². The van der Waals surface area contributed by atoms with Gasteiger partial charge in [0.25, 0.3) is 0 Å². The van der Waals surface area contributed by atoms with E-state index in [0.29, 0.717) is 32.8 Å². The minimum atomic E-state index is -0.0834. The molecule has 0 saturated heterocycles. The molecule has 0 atom stereocenters. The van der Waals surface area contributed by atoms with Crippen LogP contribution in [-0.4, -0.2) is 63.3 Å². The second-order valence-corrected chi connectivity index (χ2v) is 12.4. The van der Waals surface area contributed by atoms with E-state index < -0.39 is 0 Å². The van der Waals surface area contributed by atoms with Crippen LogP contribution in [0, 0.1) is 0 Å². The van der Waals surface area contributed by atoms with Crippen LogP contribution in [0.25, 0.3) is 0 Å². The van der Waals surface area contributed by atoms with Crippen LogP contribution < -0.4 is 10.2 Å². The number of carbonyl (C=O) groups is 1. The van der Waals surface area contributed by atoms with Gasteiger partial charge in [-0.3, -0.25) is 4.79 Å². The average Bonchev–Trinajstić information content (AvgIpc) is 3.33. The summed E-state index contributed by atoms with van der Waals surface area (Å²) in [4.78, 5) is 14.7. The normalized spacial score (nSPS) is 17.8. The van der Waals surface area contributed by atoms with Crippen molar-refractivity contribution in [2.45, 2.75) is 64.2 Å². The van der Waals surface area contributed by atoms with Crippen LogP contribution in [0.4, 0.5) is 11.4 Å². The third-order valence-electron chi connectivity index (χ3n) is 8.76. The van der Waals surface area contributed by atoms with E-state index in [4.69, 9.17) is 9.47 Å². The van der Waals surface area contributed by atoms with Crippen molar-refractivity contribution >= 4 is 23.0 Å². The Labute approximate surface area is 258 Å². The van der Waals surface area contributed by atoms with Gasteiger partial charge in [-0.1, -0.05) is 74.9 Å². The summed E-state index contributed by atoms with van der Waals surface area (Å²) >= 11 is 0. The maximum absolute atomic E-state index is 12.2. The predicted octanol–water partition coefficient (Wildman–Crippen LogP) is 6.83. The SMILES string of the molecule is COCCOCCNC(=O)CCCCCN1/C(=C/C=C/C=C/C2=[N+](C)c3ccccc3C2(C)C)C(C)(C)c2ccccc21. The van der Waals surface area contributed by atoms with Crippen LogP contribution in [0.5, 0.6) is 0 Å². The number of nitrogens with zero attached hydrogens (tertiary/aromatic N) is 2. The highest BCUT2D eigenvalue weighted by molar-refractivity contribution is 6.03. The number of hydrogen-bond acceptors (Lipinski definition) is 4. The number of fused-ring (bicyclic) bond motifs is 2.